The Morgan fingerprint density at radius 2 is 1.72 bits per heavy atom. The fourth-order valence-electron chi connectivity index (χ4n) is 2.72. The number of sulfonamides is 1. The van der Waals surface area contributed by atoms with Crippen molar-refractivity contribution in [3.05, 3.63) is 29.6 Å². The summed E-state index contributed by atoms with van der Waals surface area (Å²) < 4.78 is 66.6. The summed E-state index contributed by atoms with van der Waals surface area (Å²) in [4.78, 5) is 12.7. The average molecular weight is 378 g/mol. The molecule has 1 aromatic rings. The standard InChI is InChI=1S/C16H21F3N2O3S/c1-10(2)7-16(22)21-5-3-11(4-6-21)20-25(23,24)15-9-13(18)12(17)8-14(15)19/h8-11,20H,3-7H2,1-2H3. The normalized spacial score (nSPS) is 16.5. The molecule has 0 aliphatic carbocycles. The van der Waals surface area contributed by atoms with Gasteiger partial charge in [-0.1, -0.05) is 13.8 Å². The molecule has 0 spiro atoms. The van der Waals surface area contributed by atoms with Crippen LogP contribution in [0.3, 0.4) is 0 Å². The van der Waals surface area contributed by atoms with Crippen LogP contribution in [0.1, 0.15) is 33.1 Å². The number of hydrogen-bond acceptors (Lipinski definition) is 3. The molecule has 5 nitrogen and oxygen atoms in total. The van der Waals surface area contributed by atoms with E-state index in [0.717, 1.165) is 0 Å². The van der Waals surface area contributed by atoms with E-state index >= 15 is 0 Å². The predicted octanol–water partition coefficient (Wildman–Crippen LogP) is 2.42. The van der Waals surface area contributed by atoms with Crippen LogP contribution in [0.2, 0.25) is 0 Å². The molecule has 0 atom stereocenters. The van der Waals surface area contributed by atoms with Crippen molar-refractivity contribution in [1.29, 1.82) is 0 Å². The van der Waals surface area contributed by atoms with Crippen molar-refractivity contribution in [2.24, 2.45) is 5.92 Å². The topological polar surface area (TPSA) is 66.5 Å². The fraction of sp³-hybridized carbons (Fsp3) is 0.562. The number of carbonyl (C=O) groups excluding carboxylic acids is 1. The maximum absolute atomic E-state index is 13.7. The largest absolute Gasteiger partial charge is 0.343 e. The molecule has 0 bridgehead atoms. The Morgan fingerprint density at radius 1 is 1.16 bits per heavy atom. The monoisotopic (exact) mass is 378 g/mol. The Labute approximate surface area is 145 Å². The SMILES string of the molecule is CC(C)CC(=O)N1CCC(NS(=O)(=O)c2cc(F)c(F)cc2F)CC1. The van der Waals surface area contributed by atoms with E-state index in [4.69, 9.17) is 0 Å². The van der Waals surface area contributed by atoms with Gasteiger partial charge in [0.05, 0.1) is 0 Å². The van der Waals surface area contributed by atoms with Crippen LogP contribution in [-0.4, -0.2) is 38.4 Å². The molecule has 0 saturated carbocycles. The van der Waals surface area contributed by atoms with Crippen molar-refractivity contribution in [3.63, 3.8) is 0 Å². The third-order valence-corrected chi connectivity index (χ3v) is 5.55. The molecule has 0 radical (unpaired) electrons. The first-order chi connectivity index (χ1) is 11.6. The summed E-state index contributed by atoms with van der Waals surface area (Å²) in [5.74, 6) is -3.98. The molecular weight excluding hydrogens is 357 g/mol. The quantitative estimate of drug-likeness (QED) is 0.801. The number of piperidine rings is 1. The Balaban J connectivity index is 2.01. The maximum Gasteiger partial charge on any atom is 0.243 e. The number of amides is 1. The highest BCUT2D eigenvalue weighted by molar-refractivity contribution is 7.89. The first kappa shape index (κ1) is 19.7. The molecule has 25 heavy (non-hydrogen) atoms. The molecule has 140 valence electrons. The Hall–Kier alpha value is -1.61. The number of benzene rings is 1. The molecule has 0 aromatic heterocycles. The second kappa shape index (κ2) is 7.74. The van der Waals surface area contributed by atoms with Gasteiger partial charge in [0.25, 0.3) is 0 Å². The van der Waals surface area contributed by atoms with E-state index < -0.39 is 38.4 Å². The Morgan fingerprint density at radius 3 is 2.28 bits per heavy atom. The zero-order chi connectivity index (χ0) is 18.8. The second-order valence-electron chi connectivity index (χ2n) is 6.57. The van der Waals surface area contributed by atoms with E-state index in [9.17, 15) is 26.4 Å². The van der Waals surface area contributed by atoms with Gasteiger partial charge < -0.3 is 4.90 Å². The molecule has 1 amide bonds. The number of nitrogens with one attached hydrogen (secondary N) is 1. The summed E-state index contributed by atoms with van der Waals surface area (Å²) in [5.41, 5.74) is 0. The maximum atomic E-state index is 13.7. The number of likely N-dealkylation sites (tertiary alicyclic amines) is 1. The van der Waals surface area contributed by atoms with Crippen LogP contribution < -0.4 is 4.72 Å². The van der Waals surface area contributed by atoms with Crippen LogP contribution in [0.25, 0.3) is 0 Å². The first-order valence-corrected chi connectivity index (χ1v) is 9.53. The van der Waals surface area contributed by atoms with E-state index in [1.165, 1.54) is 0 Å². The zero-order valence-electron chi connectivity index (χ0n) is 14.1. The highest BCUT2D eigenvalue weighted by atomic mass is 32.2. The van der Waals surface area contributed by atoms with Crippen LogP contribution in [-0.2, 0) is 14.8 Å². The molecule has 1 aliphatic heterocycles. The molecule has 1 aromatic carbocycles. The van der Waals surface area contributed by atoms with Gasteiger partial charge in [0, 0.05) is 31.6 Å². The van der Waals surface area contributed by atoms with Crippen LogP contribution in [0.4, 0.5) is 13.2 Å². The van der Waals surface area contributed by atoms with Gasteiger partial charge in [-0.2, -0.15) is 0 Å². The van der Waals surface area contributed by atoms with Gasteiger partial charge in [-0.15, -0.1) is 0 Å². The van der Waals surface area contributed by atoms with Crippen molar-refractivity contribution >= 4 is 15.9 Å². The van der Waals surface area contributed by atoms with Gasteiger partial charge in [0.1, 0.15) is 10.7 Å². The molecular formula is C16H21F3N2O3S. The van der Waals surface area contributed by atoms with Crippen molar-refractivity contribution < 1.29 is 26.4 Å². The van der Waals surface area contributed by atoms with E-state index in [1.54, 1.807) is 4.90 Å². The third-order valence-electron chi connectivity index (χ3n) is 4.02. The molecule has 1 N–H and O–H groups in total. The zero-order valence-corrected chi connectivity index (χ0v) is 14.9. The highest BCUT2D eigenvalue weighted by Crippen LogP contribution is 2.21. The van der Waals surface area contributed by atoms with Crippen molar-refractivity contribution in [2.75, 3.05) is 13.1 Å². The lowest BCUT2D eigenvalue weighted by Gasteiger charge is -2.32. The lowest BCUT2D eigenvalue weighted by molar-refractivity contribution is -0.133. The van der Waals surface area contributed by atoms with Gasteiger partial charge >= 0.3 is 0 Å². The minimum Gasteiger partial charge on any atom is -0.343 e. The smallest absolute Gasteiger partial charge is 0.243 e. The Kier molecular flexibility index (Phi) is 6.10. The van der Waals surface area contributed by atoms with Gasteiger partial charge in [0.15, 0.2) is 11.6 Å². The van der Waals surface area contributed by atoms with Crippen molar-refractivity contribution in [1.82, 2.24) is 9.62 Å². The third kappa shape index (κ3) is 4.94. The van der Waals surface area contributed by atoms with Crippen LogP contribution in [0, 0.1) is 23.4 Å². The molecule has 0 unspecified atom stereocenters. The summed E-state index contributed by atoms with van der Waals surface area (Å²) >= 11 is 0. The number of hydrogen-bond donors (Lipinski definition) is 1. The molecule has 1 aliphatic rings. The molecule has 1 heterocycles. The lowest BCUT2D eigenvalue weighted by Crippen LogP contribution is -2.46. The van der Waals surface area contributed by atoms with Crippen LogP contribution in [0.15, 0.2) is 17.0 Å². The first-order valence-electron chi connectivity index (χ1n) is 8.05. The van der Waals surface area contributed by atoms with E-state index in [1.807, 2.05) is 13.8 Å². The fourth-order valence-corrected chi connectivity index (χ4v) is 4.09. The van der Waals surface area contributed by atoms with E-state index in [2.05, 4.69) is 4.72 Å². The van der Waals surface area contributed by atoms with Crippen molar-refractivity contribution in [3.8, 4) is 0 Å². The minimum absolute atomic E-state index is 0.0166. The lowest BCUT2D eigenvalue weighted by atomic mass is 10.0. The van der Waals surface area contributed by atoms with Gasteiger partial charge in [-0.25, -0.2) is 26.3 Å². The summed E-state index contributed by atoms with van der Waals surface area (Å²) in [5, 5.41) is 0. The van der Waals surface area contributed by atoms with Gasteiger partial charge in [-0.05, 0) is 24.8 Å². The van der Waals surface area contributed by atoms with Gasteiger partial charge in [0.2, 0.25) is 15.9 Å². The molecule has 1 saturated heterocycles. The number of halogens is 3. The minimum atomic E-state index is -4.32. The predicted molar refractivity (Wildman–Crippen MR) is 85.7 cm³/mol. The summed E-state index contributed by atoms with van der Waals surface area (Å²) in [6.07, 6.45) is 1.17. The summed E-state index contributed by atoms with van der Waals surface area (Å²) in [6, 6.07) is 0.0337. The summed E-state index contributed by atoms with van der Waals surface area (Å²) in [7, 11) is -4.32. The van der Waals surface area contributed by atoms with E-state index in [-0.39, 0.29) is 17.9 Å². The highest BCUT2D eigenvalue weighted by Gasteiger charge is 2.29. The van der Waals surface area contributed by atoms with Crippen LogP contribution in [0.5, 0.6) is 0 Å². The van der Waals surface area contributed by atoms with E-state index in [0.29, 0.717) is 38.4 Å². The molecule has 1 fully saturated rings. The second-order valence-corrected chi connectivity index (χ2v) is 8.25. The number of rotatable bonds is 5. The average Bonchev–Trinajstić information content (AvgIpc) is 2.50. The molecule has 9 heteroatoms. The van der Waals surface area contributed by atoms with Crippen molar-refractivity contribution in [2.45, 2.75) is 44.0 Å². The Bertz CT molecular complexity index is 745. The number of nitrogens with zero attached hydrogens (tertiary/aromatic N) is 1. The number of carbonyl (C=O) groups is 1. The molecule has 2 rings (SSSR count). The van der Waals surface area contributed by atoms with Crippen LogP contribution >= 0.6 is 0 Å². The summed E-state index contributed by atoms with van der Waals surface area (Å²) in [6.45, 7) is 4.66. The van der Waals surface area contributed by atoms with Gasteiger partial charge in [-0.3, -0.25) is 4.79 Å².